The molecule has 2 aromatic rings. The van der Waals surface area contributed by atoms with E-state index in [9.17, 15) is 4.79 Å². The monoisotopic (exact) mass is 266 g/mol. The molecule has 1 aromatic heterocycles. The highest BCUT2D eigenvalue weighted by Crippen LogP contribution is 2.40. The first-order valence-electron chi connectivity index (χ1n) is 7.17. The van der Waals surface area contributed by atoms with Crippen LogP contribution < -0.4 is 0 Å². The molecule has 1 aliphatic heterocycles. The van der Waals surface area contributed by atoms with Crippen LogP contribution >= 0.6 is 0 Å². The third-order valence-corrected chi connectivity index (χ3v) is 4.79. The van der Waals surface area contributed by atoms with Crippen molar-refractivity contribution in [2.24, 2.45) is 5.92 Å². The SMILES string of the molecule is CC(=O)C1C=C2c3cccc4[nH]cc(c34)CC2N(C)C1. The van der Waals surface area contributed by atoms with Crippen molar-refractivity contribution in [3.8, 4) is 0 Å². The van der Waals surface area contributed by atoms with Gasteiger partial charge < -0.3 is 4.98 Å². The molecule has 0 radical (unpaired) electrons. The van der Waals surface area contributed by atoms with E-state index in [1.54, 1.807) is 6.92 Å². The molecule has 3 heteroatoms. The van der Waals surface area contributed by atoms with E-state index < -0.39 is 0 Å². The Morgan fingerprint density at radius 3 is 3.05 bits per heavy atom. The Balaban J connectivity index is 1.96. The number of aromatic amines is 1. The number of nitrogens with one attached hydrogen (secondary N) is 1. The first kappa shape index (κ1) is 11.9. The van der Waals surface area contributed by atoms with Gasteiger partial charge in [-0.2, -0.15) is 0 Å². The Morgan fingerprint density at radius 2 is 2.25 bits per heavy atom. The highest BCUT2D eigenvalue weighted by Gasteiger charge is 2.34. The minimum absolute atomic E-state index is 0.0296. The summed E-state index contributed by atoms with van der Waals surface area (Å²) in [6.45, 7) is 2.53. The van der Waals surface area contributed by atoms with Gasteiger partial charge in [0.25, 0.3) is 0 Å². The van der Waals surface area contributed by atoms with Gasteiger partial charge in [0, 0.05) is 35.6 Å². The summed E-state index contributed by atoms with van der Waals surface area (Å²) in [6, 6.07) is 6.81. The number of benzene rings is 1. The Labute approximate surface area is 118 Å². The number of aromatic nitrogens is 1. The lowest BCUT2D eigenvalue weighted by Gasteiger charge is -2.39. The van der Waals surface area contributed by atoms with Gasteiger partial charge in [0.2, 0.25) is 0 Å². The number of nitrogens with zero attached hydrogens (tertiary/aromatic N) is 1. The minimum atomic E-state index is 0.0296. The zero-order valence-electron chi connectivity index (χ0n) is 11.8. The first-order chi connectivity index (χ1) is 9.65. The normalized spacial score (nSPS) is 25.4. The van der Waals surface area contributed by atoms with Crippen LogP contribution in [0, 0.1) is 5.92 Å². The van der Waals surface area contributed by atoms with E-state index in [0.29, 0.717) is 6.04 Å². The van der Waals surface area contributed by atoms with Crippen LogP contribution in [-0.2, 0) is 11.2 Å². The van der Waals surface area contributed by atoms with Crippen LogP contribution in [0.5, 0.6) is 0 Å². The van der Waals surface area contributed by atoms with Gasteiger partial charge in [-0.25, -0.2) is 0 Å². The molecule has 2 heterocycles. The summed E-state index contributed by atoms with van der Waals surface area (Å²) < 4.78 is 0. The van der Waals surface area contributed by atoms with Crippen molar-refractivity contribution in [1.82, 2.24) is 9.88 Å². The molecule has 3 nitrogen and oxygen atoms in total. The smallest absolute Gasteiger partial charge is 0.137 e. The third-order valence-electron chi connectivity index (χ3n) is 4.79. The largest absolute Gasteiger partial charge is 0.361 e. The van der Waals surface area contributed by atoms with E-state index in [0.717, 1.165) is 13.0 Å². The van der Waals surface area contributed by atoms with E-state index in [4.69, 9.17) is 0 Å². The second-order valence-electron chi connectivity index (χ2n) is 6.04. The standard InChI is InChI=1S/C17H18N2O/c1-10(20)12-6-14-13-4-3-5-15-17(13)11(8-18-15)7-16(14)19(2)9-12/h3-6,8,12,16,18H,7,9H2,1-2H3. The molecule has 1 N–H and O–H groups in total. The Bertz CT molecular complexity index is 741. The van der Waals surface area contributed by atoms with Crippen molar-refractivity contribution in [3.63, 3.8) is 0 Å². The van der Waals surface area contributed by atoms with Gasteiger partial charge in [-0.15, -0.1) is 0 Å². The number of likely N-dealkylation sites (N-methyl/N-ethyl adjacent to an activating group) is 1. The molecule has 4 rings (SSSR count). The number of Topliss-reactive ketones (excluding diaryl/α,β-unsaturated/α-hetero) is 1. The average Bonchev–Trinajstić information content (AvgIpc) is 2.84. The lowest BCUT2D eigenvalue weighted by Crippen LogP contribution is -2.43. The number of hydrogen-bond donors (Lipinski definition) is 1. The van der Waals surface area contributed by atoms with Crippen LogP contribution in [0.2, 0.25) is 0 Å². The van der Waals surface area contributed by atoms with E-state index in [2.05, 4.69) is 47.4 Å². The van der Waals surface area contributed by atoms with Gasteiger partial charge in [0.05, 0.1) is 0 Å². The molecule has 2 aliphatic rings. The van der Waals surface area contributed by atoms with Crippen LogP contribution in [0.3, 0.4) is 0 Å². The molecule has 2 unspecified atom stereocenters. The van der Waals surface area contributed by atoms with Crippen LogP contribution in [0.4, 0.5) is 0 Å². The van der Waals surface area contributed by atoms with E-state index in [-0.39, 0.29) is 11.7 Å². The molecule has 0 amide bonds. The molecule has 0 fully saturated rings. The van der Waals surface area contributed by atoms with Gasteiger partial charge in [-0.1, -0.05) is 18.2 Å². The molecule has 0 spiro atoms. The molecule has 102 valence electrons. The number of carbonyl (C=O) groups excluding carboxylic acids is 1. The molecule has 1 aromatic carbocycles. The first-order valence-corrected chi connectivity index (χ1v) is 7.17. The fourth-order valence-corrected chi connectivity index (χ4v) is 3.70. The van der Waals surface area contributed by atoms with Crippen molar-refractivity contribution in [2.45, 2.75) is 19.4 Å². The van der Waals surface area contributed by atoms with Crippen molar-refractivity contribution in [2.75, 3.05) is 13.6 Å². The van der Waals surface area contributed by atoms with Crippen LogP contribution in [0.15, 0.2) is 30.5 Å². The fourth-order valence-electron chi connectivity index (χ4n) is 3.70. The fraction of sp³-hybridized carbons (Fsp3) is 0.353. The lowest BCUT2D eigenvalue weighted by atomic mass is 9.79. The summed E-state index contributed by atoms with van der Waals surface area (Å²) in [5, 5.41) is 1.34. The predicted octanol–water partition coefficient (Wildman–Crippen LogP) is 2.63. The lowest BCUT2D eigenvalue weighted by molar-refractivity contribution is -0.120. The molecule has 20 heavy (non-hydrogen) atoms. The van der Waals surface area contributed by atoms with Crippen molar-refractivity contribution in [3.05, 3.63) is 41.6 Å². The minimum Gasteiger partial charge on any atom is -0.361 e. The number of rotatable bonds is 1. The number of fused-ring (bicyclic) bond motifs is 2. The second kappa shape index (κ2) is 4.06. The molecular formula is C17H18N2O. The van der Waals surface area contributed by atoms with Crippen LogP contribution in [0.1, 0.15) is 18.1 Å². The average molecular weight is 266 g/mol. The van der Waals surface area contributed by atoms with E-state index >= 15 is 0 Å². The van der Waals surface area contributed by atoms with Crippen molar-refractivity contribution in [1.29, 1.82) is 0 Å². The maximum Gasteiger partial charge on any atom is 0.137 e. The molecule has 1 aliphatic carbocycles. The molecule has 0 bridgehead atoms. The quantitative estimate of drug-likeness (QED) is 0.861. The Morgan fingerprint density at radius 1 is 1.40 bits per heavy atom. The Hall–Kier alpha value is -1.87. The molecule has 0 saturated carbocycles. The van der Waals surface area contributed by atoms with Crippen LogP contribution in [0.25, 0.3) is 16.5 Å². The topological polar surface area (TPSA) is 36.1 Å². The second-order valence-corrected chi connectivity index (χ2v) is 6.04. The number of ketones is 1. The van der Waals surface area contributed by atoms with Crippen molar-refractivity contribution >= 4 is 22.3 Å². The van der Waals surface area contributed by atoms with Gasteiger partial charge in [-0.05, 0) is 43.2 Å². The maximum atomic E-state index is 11.8. The van der Waals surface area contributed by atoms with Crippen molar-refractivity contribution < 1.29 is 4.79 Å². The number of H-pyrrole nitrogens is 1. The maximum absolute atomic E-state index is 11.8. The van der Waals surface area contributed by atoms with E-state index in [1.165, 1.54) is 27.6 Å². The highest BCUT2D eigenvalue weighted by atomic mass is 16.1. The molecule has 2 atom stereocenters. The van der Waals surface area contributed by atoms with Crippen LogP contribution in [-0.4, -0.2) is 35.3 Å². The van der Waals surface area contributed by atoms with Gasteiger partial charge >= 0.3 is 0 Å². The summed E-state index contributed by atoms with van der Waals surface area (Å²) in [6.07, 6.45) is 5.37. The van der Waals surface area contributed by atoms with E-state index in [1.807, 2.05) is 0 Å². The predicted molar refractivity (Wildman–Crippen MR) is 80.6 cm³/mol. The summed E-state index contributed by atoms with van der Waals surface area (Å²) in [4.78, 5) is 17.5. The summed E-state index contributed by atoms with van der Waals surface area (Å²) in [5.74, 6) is 0.289. The zero-order chi connectivity index (χ0) is 13.9. The number of hydrogen-bond acceptors (Lipinski definition) is 2. The number of carbonyl (C=O) groups is 1. The zero-order valence-corrected chi connectivity index (χ0v) is 11.8. The van der Waals surface area contributed by atoms with Gasteiger partial charge in [0.15, 0.2) is 0 Å². The summed E-state index contributed by atoms with van der Waals surface area (Å²) in [5.41, 5.74) is 5.22. The summed E-state index contributed by atoms with van der Waals surface area (Å²) >= 11 is 0. The third kappa shape index (κ3) is 1.53. The Kier molecular flexibility index (Phi) is 2.42. The summed E-state index contributed by atoms with van der Waals surface area (Å²) in [7, 11) is 2.13. The van der Waals surface area contributed by atoms with Gasteiger partial charge in [-0.3, -0.25) is 9.69 Å². The van der Waals surface area contributed by atoms with Gasteiger partial charge in [0.1, 0.15) is 5.78 Å². The molecule has 0 saturated heterocycles. The highest BCUT2D eigenvalue weighted by molar-refractivity contribution is 5.99. The molecular weight excluding hydrogens is 248 g/mol.